The van der Waals surface area contributed by atoms with Crippen LogP contribution >= 0.6 is 11.8 Å². The Morgan fingerprint density at radius 1 is 1.19 bits per heavy atom. The molecule has 2 unspecified atom stereocenters. The van der Waals surface area contributed by atoms with Crippen LogP contribution in [0.4, 0.5) is 11.9 Å². The molecular formula is C14H25N5OS. The van der Waals surface area contributed by atoms with E-state index < -0.39 is 0 Å². The van der Waals surface area contributed by atoms with Crippen LogP contribution in [-0.4, -0.2) is 45.7 Å². The number of nitrogens with one attached hydrogen (secondary N) is 2. The Balaban J connectivity index is 2.04. The Kier molecular flexibility index (Phi) is 6.35. The molecule has 1 aromatic rings. The fraction of sp³-hybridized carbons (Fsp3) is 0.786. The number of nitrogens with zero attached hydrogens (tertiary/aromatic N) is 3. The summed E-state index contributed by atoms with van der Waals surface area (Å²) in [5.41, 5.74) is 0. The maximum Gasteiger partial charge on any atom is 0.323 e. The van der Waals surface area contributed by atoms with Gasteiger partial charge in [0.15, 0.2) is 0 Å². The molecule has 0 radical (unpaired) electrons. The lowest BCUT2D eigenvalue weighted by Crippen LogP contribution is -2.19. The predicted molar refractivity (Wildman–Crippen MR) is 88.3 cm³/mol. The molecule has 2 N–H and O–H groups in total. The molecule has 1 aromatic heterocycles. The second-order valence-electron chi connectivity index (χ2n) is 5.14. The fourth-order valence-corrected chi connectivity index (χ4v) is 3.19. The Bertz CT molecular complexity index is 445. The highest BCUT2D eigenvalue weighted by molar-refractivity contribution is 7.99. The summed E-state index contributed by atoms with van der Waals surface area (Å²) in [6.07, 6.45) is 6.78. The summed E-state index contributed by atoms with van der Waals surface area (Å²) < 4.78 is 5.43. The first kappa shape index (κ1) is 16.1. The number of rotatable bonds is 8. The molecule has 0 bridgehead atoms. The van der Waals surface area contributed by atoms with Crippen LogP contribution in [0.25, 0.3) is 0 Å². The number of anilines is 2. The van der Waals surface area contributed by atoms with Crippen LogP contribution in [0.3, 0.4) is 0 Å². The van der Waals surface area contributed by atoms with E-state index in [1.165, 1.54) is 12.8 Å². The average Bonchev–Trinajstić information content (AvgIpc) is 2.93. The number of hydrogen-bond acceptors (Lipinski definition) is 7. The third-order valence-electron chi connectivity index (χ3n) is 3.47. The first-order chi connectivity index (χ1) is 10.2. The molecule has 1 aliphatic rings. The summed E-state index contributed by atoms with van der Waals surface area (Å²) in [5.74, 6) is 1.19. The van der Waals surface area contributed by atoms with E-state index in [2.05, 4.69) is 38.8 Å². The van der Waals surface area contributed by atoms with Gasteiger partial charge >= 0.3 is 6.01 Å². The summed E-state index contributed by atoms with van der Waals surface area (Å²) in [6, 6.07) is 0.825. The van der Waals surface area contributed by atoms with Crippen molar-refractivity contribution in [1.82, 2.24) is 15.0 Å². The quantitative estimate of drug-likeness (QED) is 0.765. The molecule has 21 heavy (non-hydrogen) atoms. The lowest BCUT2D eigenvalue weighted by Gasteiger charge is -2.14. The van der Waals surface area contributed by atoms with Crippen LogP contribution in [0.1, 0.15) is 39.5 Å². The largest absolute Gasteiger partial charge is 0.464 e. The molecule has 1 heterocycles. The monoisotopic (exact) mass is 311 g/mol. The van der Waals surface area contributed by atoms with Crippen molar-refractivity contribution in [2.75, 3.05) is 30.0 Å². The molecule has 7 heteroatoms. The van der Waals surface area contributed by atoms with Crippen molar-refractivity contribution < 1.29 is 4.74 Å². The maximum atomic E-state index is 5.43. The number of thioether (sulfide) groups is 1. The standard InChI is InChI=1S/C14H25N5OS/c1-4-8-15-12-17-13(19-14(18-12)20-5-2)16-10-6-7-11(9-10)21-3/h10-11H,4-9H2,1-3H3,(H2,15,16,17,18,19). The van der Waals surface area contributed by atoms with E-state index in [1.807, 2.05) is 18.7 Å². The Hall–Kier alpha value is -1.24. The zero-order valence-corrected chi connectivity index (χ0v) is 13.9. The molecule has 1 aliphatic carbocycles. The first-order valence-corrected chi connectivity index (χ1v) is 8.96. The highest BCUT2D eigenvalue weighted by atomic mass is 32.2. The smallest absolute Gasteiger partial charge is 0.323 e. The number of hydrogen-bond donors (Lipinski definition) is 2. The third kappa shape index (κ3) is 4.91. The molecule has 0 aliphatic heterocycles. The summed E-state index contributed by atoms with van der Waals surface area (Å²) in [7, 11) is 0. The molecule has 0 saturated heterocycles. The van der Waals surface area contributed by atoms with Crippen molar-refractivity contribution in [2.45, 2.75) is 50.8 Å². The Labute approximate surface area is 130 Å². The summed E-state index contributed by atoms with van der Waals surface area (Å²) >= 11 is 1.94. The summed E-state index contributed by atoms with van der Waals surface area (Å²) in [6.45, 7) is 5.43. The van der Waals surface area contributed by atoms with Crippen LogP contribution in [0, 0.1) is 0 Å². The molecule has 6 nitrogen and oxygen atoms in total. The first-order valence-electron chi connectivity index (χ1n) is 7.67. The van der Waals surface area contributed by atoms with E-state index in [9.17, 15) is 0 Å². The molecule has 1 saturated carbocycles. The molecule has 2 rings (SSSR count). The van der Waals surface area contributed by atoms with Gasteiger partial charge in [-0.3, -0.25) is 0 Å². The topological polar surface area (TPSA) is 72.0 Å². The SMILES string of the molecule is CCCNc1nc(NC2CCC(SC)C2)nc(OCC)n1. The van der Waals surface area contributed by atoms with Gasteiger partial charge in [-0.1, -0.05) is 6.92 Å². The van der Waals surface area contributed by atoms with Crippen LogP contribution in [0.5, 0.6) is 6.01 Å². The van der Waals surface area contributed by atoms with E-state index in [0.717, 1.165) is 24.6 Å². The normalized spacial score (nSPS) is 21.3. The lowest BCUT2D eigenvalue weighted by molar-refractivity contribution is 0.312. The van der Waals surface area contributed by atoms with Gasteiger partial charge in [0.05, 0.1) is 6.61 Å². The summed E-state index contributed by atoms with van der Waals surface area (Å²) in [4.78, 5) is 13.0. The van der Waals surface area contributed by atoms with Crippen LogP contribution in [0.15, 0.2) is 0 Å². The average molecular weight is 311 g/mol. The van der Waals surface area contributed by atoms with Crippen LogP contribution in [-0.2, 0) is 0 Å². The minimum Gasteiger partial charge on any atom is -0.464 e. The van der Waals surface area contributed by atoms with Gasteiger partial charge in [-0.25, -0.2) is 0 Å². The fourth-order valence-electron chi connectivity index (χ4n) is 2.40. The zero-order chi connectivity index (χ0) is 15.1. The van der Waals surface area contributed by atoms with Crippen molar-refractivity contribution in [3.05, 3.63) is 0 Å². The van der Waals surface area contributed by atoms with E-state index in [1.54, 1.807) is 0 Å². The highest BCUT2D eigenvalue weighted by Crippen LogP contribution is 2.29. The van der Waals surface area contributed by atoms with Crippen LogP contribution < -0.4 is 15.4 Å². The van der Waals surface area contributed by atoms with E-state index in [0.29, 0.717) is 30.6 Å². The second-order valence-corrected chi connectivity index (χ2v) is 6.28. The van der Waals surface area contributed by atoms with Crippen molar-refractivity contribution in [2.24, 2.45) is 0 Å². The Morgan fingerprint density at radius 2 is 2.00 bits per heavy atom. The minimum absolute atomic E-state index is 0.382. The second kappa shape index (κ2) is 8.26. The number of aromatic nitrogens is 3. The van der Waals surface area contributed by atoms with Crippen molar-refractivity contribution in [1.29, 1.82) is 0 Å². The van der Waals surface area contributed by atoms with Gasteiger partial charge < -0.3 is 15.4 Å². The minimum atomic E-state index is 0.382. The molecule has 1 fully saturated rings. The molecule has 0 amide bonds. The van der Waals surface area contributed by atoms with Crippen molar-refractivity contribution in [3.63, 3.8) is 0 Å². The molecule has 2 atom stereocenters. The van der Waals surface area contributed by atoms with Crippen molar-refractivity contribution >= 4 is 23.7 Å². The van der Waals surface area contributed by atoms with E-state index in [4.69, 9.17) is 4.74 Å². The Morgan fingerprint density at radius 3 is 2.67 bits per heavy atom. The van der Waals surface area contributed by atoms with Gasteiger partial charge in [0.25, 0.3) is 0 Å². The molecule has 0 aromatic carbocycles. The van der Waals surface area contributed by atoms with Crippen LogP contribution in [0.2, 0.25) is 0 Å². The zero-order valence-electron chi connectivity index (χ0n) is 13.1. The maximum absolute atomic E-state index is 5.43. The molecule has 0 spiro atoms. The van der Waals surface area contributed by atoms with E-state index >= 15 is 0 Å². The van der Waals surface area contributed by atoms with Gasteiger partial charge in [0, 0.05) is 17.8 Å². The molecule has 118 valence electrons. The number of ether oxygens (including phenoxy) is 1. The lowest BCUT2D eigenvalue weighted by atomic mass is 10.2. The summed E-state index contributed by atoms with van der Waals surface area (Å²) in [5, 5.41) is 7.36. The predicted octanol–water partition coefficient (Wildman–Crippen LogP) is 2.79. The van der Waals surface area contributed by atoms with E-state index in [-0.39, 0.29) is 0 Å². The van der Waals surface area contributed by atoms with Gasteiger partial charge in [-0.05, 0) is 38.9 Å². The van der Waals surface area contributed by atoms with Crippen molar-refractivity contribution in [3.8, 4) is 6.01 Å². The molecular weight excluding hydrogens is 286 g/mol. The van der Waals surface area contributed by atoms with Gasteiger partial charge in [0.2, 0.25) is 11.9 Å². The van der Waals surface area contributed by atoms with Gasteiger partial charge in [0.1, 0.15) is 0 Å². The van der Waals surface area contributed by atoms with Gasteiger partial charge in [-0.2, -0.15) is 26.7 Å². The van der Waals surface area contributed by atoms with Gasteiger partial charge in [-0.15, -0.1) is 0 Å². The highest BCUT2D eigenvalue weighted by Gasteiger charge is 2.24. The third-order valence-corrected chi connectivity index (χ3v) is 4.57.